The zero-order chi connectivity index (χ0) is 15.5. The molecule has 0 bridgehead atoms. The molecule has 110 valence electrons. The van der Waals surface area contributed by atoms with E-state index in [1.54, 1.807) is 19.3 Å². The SMILES string of the molecule is CCCCNC(=O)/C(C#N)=C/C=C/c1ccccc1OC. The van der Waals surface area contributed by atoms with Gasteiger partial charge in [-0.3, -0.25) is 4.79 Å². The molecule has 1 aromatic rings. The number of nitrogens with one attached hydrogen (secondary N) is 1. The Morgan fingerprint density at radius 3 is 2.86 bits per heavy atom. The summed E-state index contributed by atoms with van der Waals surface area (Å²) < 4.78 is 5.23. The molecule has 4 nitrogen and oxygen atoms in total. The molecule has 0 aromatic heterocycles. The van der Waals surface area contributed by atoms with Crippen molar-refractivity contribution in [2.75, 3.05) is 13.7 Å². The number of carbonyl (C=O) groups excluding carboxylic acids is 1. The molecule has 0 radical (unpaired) electrons. The molecule has 0 fully saturated rings. The minimum atomic E-state index is -0.337. The number of rotatable bonds is 7. The standard InChI is InChI=1S/C17H20N2O2/c1-3-4-12-19-17(20)15(13-18)10-7-9-14-8-5-6-11-16(14)21-2/h5-11H,3-4,12H2,1-2H3,(H,19,20)/b9-7+,15-10+. The van der Waals surface area contributed by atoms with Gasteiger partial charge in [0.25, 0.3) is 5.91 Å². The van der Waals surface area contributed by atoms with Crippen LogP contribution in [0.5, 0.6) is 5.75 Å². The second-order valence-electron chi connectivity index (χ2n) is 4.40. The van der Waals surface area contributed by atoms with Gasteiger partial charge in [-0.1, -0.05) is 43.7 Å². The number of para-hydroxylation sites is 1. The van der Waals surface area contributed by atoms with E-state index in [9.17, 15) is 4.79 Å². The molecular weight excluding hydrogens is 264 g/mol. The fourth-order valence-electron chi connectivity index (χ4n) is 1.69. The third-order valence-electron chi connectivity index (χ3n) is 2.86. The van der Waals surface area contributed by atoms with Gasteiger partial charge in [0.1, 0.15) is 17.4 Å². The minimum absolute atomic E-state index is 0.0947. The summed E-state index contributed by atoms with van der Waals surface area (Å²) in [4.78, 5) is 11.8. The Kier molecular flexibility index (Phi) is 7.37. The Balaban J connectivity index is 2.74. The lowest BCUT2D eigenvalue weighted by Gasteiger charge is -2.03. The van der Waals surface area contributed by atoms with Gasteiger partial charge < -0.3 is 10.1 Å². The Labute approximate surface area is 125 Å². The van der Waals surface area contributed by atoms with Gasteiger partial charge in [-0.15, -0.1) is 0 Å². The van der Waals surface area contributed by atoms with E-state index < -0.39 is 0 Å². The molecular formula is C17H20N2O2. The van der Waals surface area contributed by atoms with Crippen LogP contribution in [0.15, 0.2) is 42.0 Å². The summed E-state index contributed by atoms with van der Waals surface area (Å²) in [5.41, 5.74) is 0.984. The van der Waals surface area contributed by atoms with Crippen LogP contribution in [0.3, 0.4) is 0 Å². The molecule has 0 saturated carbocycles. The zero-order valence-electron chi connectivity index (χ0n) is 12.4. The summed E-state index contributed by atoms with van der Waals surface area (Å²) >= 11 is 0. The van der Waals surface area contributed by atoms with Gasteiger partial charge in [0.05, 0.1) is 7.11 Å². The van der Waals surface area contributed by atoms with E-state index in [0.717, 1.165) is 24.2 Å². The largest absolute Gasteiger partial charge is 0.496 e. The maximum absolute atomic E-state index is 11.8. The fraction of sp³-hybridized carbons (Fsp3) is 0.294. The Hall–Kier alpha value is -2.54. The van der Waals surface area contributed by atoms with Crippen LogP contribution in [0, 0.1) is 11.3 Å². The van der Waals surface area contributed by atoms with Gasteiger partial charge in [-0.2, -0.15) is 5.26 Å². The van der Waals surface area contributed by atoms with Crippen LogP contribution >= 0.6 is 0 Å². The predicted octanol–water partition coefficient (Wildman–Crippen LogP) is 3.07. The van der Waals surface area contributed by atoms with Crippen LogP contribution in [-0.4, -0.2) is 19.6 Å². The molecule has 1 aromatic carbocycles. The molecule has 0 aliphatic heterocycles. The normalized spacial score (nSPS) is 11.2. The number of ether oxygens (including phenoxy) is 1. The lowest BCUT2D eigenvalue weighted by Crippen LogP contribution is -2.25. The van der Waals surface area contributed by atoms with Crippen molar-refractivity contribution >= 4 is 12.0 Å². The van der Waals surface area contributed by atoms with E-state index in [4.69, 9.17) is 10.00 Å². The van der Waals surface area contributed by atoms with Gasteiger partial charge in [-0.25, -0.2) is 0 Å². The van der Waals surface area contributed by atoms with E-state index in [0.29, 0.717) is 6.54 Å². The summed E-state index contributed by atoms with van der Waals surface area (Å²) in [7, 11) is 1.60. The molecule has 1 amide bonds. The summed E-state index contributed by atoms with van der Waals surface area (Å²) in [6.45, 7) is 2.63. The highest BCUT2D eigenvalue weighted by Crippen LogP contribution is 2.18. The molecule has 0 aliphatic carbocycles. The van der Waals surface area contributed by atoms with Gasteiger partial charge >= 0.3 is 0 Å². The number of unbranched alkanes of at least 4 members (excludes halogenated alkanes) is 1. The monoisotopic (exact) mass is 284 g/mol. The number of carbonyl (C=O) groups is 1. The second kappa shape index (κ2) is 9.38. The third-order valence-corrected chi connectivity index (χ3v) is 2.86. The Bertz CT molecular complexity index is 568. The third kappa shape index (κ3) is 5.53. The maximum atomic E-state index is 11.8. The van der Waals surface area contributed by atoms with Gasteiger partial charge in [0, 0.05) is 12.1 Å². The number of allylic oxidation sites excluding steroid dienone is 2. The van der Waals surface area contributed by atoms with Crippen molar-refractivity contribution in [1.29, 1.82) is 5.26 Å². The van der Waals surface area contributed by atoms with Crippen LogP contribution in [0.2, 0.25) is 0 Å². The van der Waals surface area contributed by atoms with Crippen molar-refractivity contribution in [2.45, 2.75) is 19.8 Å². The summed E-state index contributed by atoms with van der Waals surface area (Å²) in [5, 5.41) is 11.7. The van der Waals surface area contributed by atoms with Crippen molar-refractivity contribution in [2.24, 2.45) is 0 Å². The van der Waals surface area contributed by atoms with Gasteiger partial charge in [-0.05, 0) is 18.6 Å². The minimum Gasteiger partial charge on any atom is -0.496 e. The molecule has 1 rings (SSSR count). The first-order valence-electron chi connectivity index (χ1n) is 6.92. The number of nitrogens with zero attached hydrogens (tertiary/aromatic N) is 1. The summed E-state index contributed by atoms with van der Waals surface area (Å²) in [6, 6.07) is 9.44. The van der Waals surface area contributed by atoms with Crippen LogP contribution < -0.4 is 10.1 Å². The molecule has 21 heavy (non-hydrogen) atoms. The van der Waals surface area contributed by atoms with E-state index in [-0.39, 0.29) is 11.5 Å². The summed E-state index contributed by atoms with van der Waals surface area (Å²) in [6.07, 6.45) is 6.89. The quantitative estimate of drug-likeness (QED) is 0.362. The van der Waals surface area contributed by atoms with Crippen LogP contribution in [0.25, 0.3) is 6.08 Å². The van der Waals surface area contributed by atoms with Crippen LogP contribution in [0.1, 0.15) is 25.3 Å². The van der Waals surface area contributed by atoms with Crippen molar-refractivity contribution in [1.82, 2.24) is 5.32 Å². The number of hydrogen-bond donors (Lipinski definition) is 1. The zero-order valence-corrected chi connectivity index (χ0v) is 12.4. The number of hydrogen-bond acceptors (Lipinski definition) is 3. The average Bonchev–Trinajstić information content (AvgIpc) is 2.52. The second-order valence-corrected chi connectivity index (χ2v) is 4.40. The van der Waals surface area contributed by atoms with Crippen molar-refractivity contribution < 1.29 is 9.53 Å². The topological polar surface area (TPSA) is 62.1 Å². The predicted molar refractivity (Wildman–Crippen MR) is 83.6 cm³/mol. The first kappa shape index (κ1) is 16.5. The smallest absolute Gasteiger partial charge is 0.261 e. The molecule has 0 spiro atoms. The number of nitriles is 1. The lowest BCUT2D eigenvalue weighted by atomic mass is 10.1. The molecule has 0 unspecified atom stereocenters. The van der Waals surface area contributed by atoms with Crippen molar-refractivity contribution in [3.05, 3.63) is 47.6 Å². The van der Waals surface area contributed by atoms with Gasteiger partial charge in [0.15, 0.2) is 0 Å². The van der Waals surface area contributed by atoms with E-state index in [1.807, 2.05) is 37.3 Å². The van der Waals surface area contributed by atoms with Crippen molar-refractivity contribution in [3.8, 4) is 11.8 Å². The number of methoxy groups -OCH3 is 1. The molecule has 0 atom stereocenters. The van der Waals surface area contributed by atoms with Crippen molar-refractivity contribution in [3.63, 3.8) is 0 Å². The Morgan fingerprint density at radius 1 is 1.43 bits per heavy atom. The number of benzene rings is 1. The maximum Gasteiger partial charge on any atom is 0.261 e. The first-order valence-corrected chi connectivity index (χ1v) is 6.92. The first-order chi connectivity index (χ1) is 10.2. The Morgan fingerprint density at radius 2 is 2.19 bits per heavy atom. The number of amides is 1. The van der Waals surface area contributed by atoms with Gasteiger partial charge in [0.2, 0.25) is 0 Å². The molecule has 0 saturated heterocycles. The molecule has 4 heteroatoms. The highest BCUT2D eigenvalue weighted by atomic mass is 16.5. The van der Waals surface area contributed by atoms with E-state index in [2.05, 4.69) is 5.32 Å². The fourth-order valence-corrected chi connectivity index (χ4v) is 1.69. The lowest BCUT2D eigenvalue weighted by molar-refractivity contribution is -0.117. The molecule has 1 N–H and O–H groups in total. The van der Waals surface area contributed by atoms with E-state index in [1.165, 1.54) is 6.08 Å². The highest BCUT2D eigenvalue weighted by Gasteiger charge is 2.06. The highest BCUT2D eigenvalue weighted by molar-refractivity contribution is 5.97. The molecule has 0 aliphatic rings. The molecule has 0 heterocycles. The summed E-state index contributed by atoms with van der Waals surface area (Å²) in [5.74, 6) is 0.406. The van der Waals surface area contributed by atoms with Crippen LogP contribution in [0.4, 0.5) is 0 Å². The average molecular weight is 284 g/mol. The van der Waals surface area contributed by atoms with E-state index >= 15 is 0 Å². The van der Waals surface area contributed by atoms with Crippen LogP contribution in [-0.2, 0) is 4.79 Å².